The van der Waals surface area contributed by atoms with Crippen LogP contribution in [0.4, 0.5) is 0 Å². The second-order valence-electron chi connectivity index (χ2n) is 7.77. The molecule has 0 aromatic heterocycles. The van der Waals surface area contributed by atoms with Crippen LogP contribution in [-0.2, 0) is 21.7 Å². The van der Waals surface area contributed by atoms with Gasteiger partial charge in [-0.25, -0.2) is 0 Å². The zero-order valence-electron chi connectivity index (χ0n) is 20.0. The first-order valence-corrected chi connectivity index (χ1v) is 12.8. The Morgan fingerprint density at radius 1 is 1.17 bits per heavy atom. The summed E-state index contributed by atoms with van der Waals surface area (Å²) in [5.74, 6) is -2.31. The summed E-state index contributed by atoms with van der Waals surface area (Å²) in [5.41, 5.74) is 0. The summed E-state index contributed by atoms with van der Waals surface area (Å²) in [6.45, 7) is 15.1. The number of ether oxygens (including phenoxy) is 3. The Bertz CT molecular complexity index is 411. The number of amides is 1. The van der Waals surface area contributed by atoms with E-state index >= 15 is 0 Å². The van der Waals surface area contributed by atoms with Gasteiger partial charge in [0.2, 0.25) is 0 Å². The Kier molecular flexibility index (Phi) is 20.2. The third-order valence-corrected chi connectivity index (χ3v) is 4.45. The molecule has 1 fully saturated rings. The SMILES string of the molecule is CC.CC(C)(O)O.CCCOCC1CC(C(=O)NCCCCC[O][Tl])OC(C)(C)O1. The van der Waals surface area contributed by atoms with E-state index in [1.54, 1.807) is 0 Å². The van der Waals surface area contributed by atoms with Crippen molar-refractivity contribution in [1.29, 1.82) is 0 Å². The molecule has 2 atom stereocenters. The molecule has 8 nitrogen and oxygen atoms in total. The van der Waals surface area contributed by atoms with Gasteiger partial charge in [0.15, 0.2) is 5.79 Å². The van der Waals surface area contributed by atoms with Crippen molar-refractivity contribution in [2.45, 2.75) is 104 Å². The van der Waals surface area contributed by atoms with E-state index < -0.39 is 17.7 Å². The fourth-order valence-corrected chi connectivity index (χ4v) is 3.19. The molecule has 1 saturated heterocycles. The van der Waals surface area contributed by atoms with E-state index in [0.717, 1.165) is 32.3 Å². The number of rotatable bonds is 11. The Morgan fingerprint density at radius 3 is 2.30 bits per heavy atom. The molecule has 0 bridgehead atoms. The van der Waals surface area contributed by atoms with Gasteiger partial charge >= 0.3 is 132 Å². The summed E-state index contributed by atoms with van der Waals surface area (Å²) < 4.78 is 22.3. The molecule has 178 valence electrons. The second kappa shape index (κ2) is 18.7. The predicted molar refractivity (Wildman–Crippen MR) is 118 cm³/mol. The van der Waals surface area contributed by atoms with Gasteiger partial charge in [0, 0.05) is 6.61 Å². The van der Waals surface area contributed by atoms with E-state index in [0.29, 0.717) is 52.4 Å². The molecule has 0 radical (unpaired) electrons. The number of carbonyl (C=O) groups is 1. The van der Waals surface area contributed by atoms with Gasteiger partial charge in [0.05, 0.1) is 0 Å². The topological polar surface area (TPSA) is 106 Å². The minimum atomic E-state index is -1.50. The average molecular weight is 627 g/mol. The van der Waals surface area contributed by atoms with Crippen molar-refractivity contribution in [1.82, 2.24) is 5.32 Å². The molecule has 0 spiro atoms. The molecule has 0 aromatic rings. The van der Waals surface area contributed by atoms with Crippen molar-refractivity contribution in [2.24, 2.45) is 0 Å². The van der Waals surface area contributed by atoms with E-state index in [1.165, 1.54) is 13.8 Å². The first kappa shape index (κ1) is 32.3. The van der Waals surface area contributed by atoms with Crippen LogP contribution in [0.15, 0.2) is 0 Å². The van der Waals surface area contributed by atoms with Gasteiger partial charge in [-0.15, -0.1) is 0 Å². The van der Waals surface area contributed by atoms with Crippen LogP contribution in [0.3, 0.4) is 0 Å². The van der Waals surface area contributed by atoms with Crippen LogP contribution in [-0.4, -0.2) is 92.5 Å². The van der Waals surface area contributed by atoms with Crippen molar-refractivity contribution in [2.75, 3.05) is 26.4 Å². The summed E-state index contributed by atoms with van der Waals surface area (Å²) in [6.07, 6.45) is 4.03. The van der Waals surface area contributed by atoms with Crippen LogP contribution >= 0.6 is 0 Å². The fourth-order valence-electron chi connectivity index (χ4n) is 2.54. The molecule has 2 unspecified atom stereocenters. The van der Waals surface area contributed by atoms with Crippen LogP contribution in [0.2, 0.25) is 0 Å². The van der Waals surface area contributed by atoms with Crippen molar-refractivity contribution in [3.05, 3.63) is 0 Å². The maximum absolute atomic E-state index is 12.3. The van der Waals surface area contributed by atoms with E-state index in [4.69, 9.17) is 27.1 Å². The summed E-state index contributed by atoms with van der Waals surface area (Å²) >= 11 is 0.614. The Balaban J connectivity index is 0. The maximum atomic E-state index is 12.3. The number of carbonyl (C=O) groups excluding carboxylic acids is 1. The Labute approximate surface area is 199 Å². The van der Waals surface area contributed by atoms with Crippen molar-refractivity contribution in [3.8, 4) is 0 Å². The van der Waals surface area contributed by atoms with Gasteiger partial charge in [0.1, 0.15) is 0 Å². The molecule has 1 aliphatic heterocycles. The second-order valence-corrected chi connectivity index (χ2v) is 9.07. The number of unbranched alkanes of at least 4 members (excludes halogenated alkanes) is 2. The molecule has 1 rings (SSSR count). The van der Waals surface area contributed by atoms with Crippen molar-refractivity contribution >= 4 is 32.1 Å². The first-order valence-electron chi connectivity index (χ1n) is 11.0. The number of hydrogen-bond acceptors (Lipinski definition) is 7. The molecule has 9 heteroatoms. The normalized spacial score (nSPS) is 20.3. The fraction of sp³-hybridized carbons (Fsp3) is 0.952. The number of nitrogens with one attached hydrogen (secondary N) is 1. The molecule has 0 aliphatic carbocycles. The van der Waals surface area contributed by atoms with Gasteiger partial charge in [-0.1, -0.05) is 20.8 Å². The minimum absolute atomic E-state index is 0.0532. The molecular weight excluding hydrogens is 583 g/mol. The molecule has 0 saturated carbocycles. The third kappa shape index (κ3) is 21.4. The number of aliphatic hydroxyl groups is 2. The van der Waals surface area contributed by atoms with Gasteiger partial charge in [-0.05, 0) is 20.3 Å². The molecule has 0 aromatic carbocycles. The third-order valence-electron chi connectivity index (χ3n) is 3.54. The van der Waals surface area contributed by atoms with Crippen LogP contribution in [0.5, 0.6) is 0 Å². The van der Waals surface area contributed by atoms with E-state index in [1.807, 2.05) is 27.7 Å². The van der Waals surface area contributed by atoms with Crippen LogP contribution < -0.4 is 5.32 Å². The van der Waals surface area contributed by atoms with Gasteiger partial charge in [-0.2, -0.15) is 0 Å². The summed E-state index contributed by atoms with van der Waals surface area (Å²) in [5, 5.41) is 19.1. The monoisotopic (exact) mass is 627 g/mol. The molecular formula is C21H44NO7Tl. The average Bonchev–Trinajstić information content (AvgIpc) is 2.63. The van der Waals surface area contributed by atoms with Crippen molar-refractivity contribution < 1.29 is 31.9 Å². The Hall–Kier alpha value is 0.152. The van der Waals surface area contributed by atoms with Crippen LogP contribution in [0.25, 0.3) is 0 Å². The number of hydrogen-bond donors (Lipinski definition) is 3. The van der Waals surface area contributed by atoms with E-state index in [2.05, 4.69) is 12.2 Å². The van der Waals surface area contributed by atoms with Crippen LogP contribution in [0, 0.1) is 0 Å². The molecule has 1 amide bonds. The van der Waals surface area contributed by atoms with E-state index in [9.17, 15) is 4.79 Å². The first-order chi connectivity index (χ1) is 14.0. The van der Waals surface area contributed by atoms with Gasteiger partial charge in [0.25, 0.3) is 0 Å². The summed E-state index contributed by atoms with van der Waals surface area (Å²) in [7, 11) is 0. The molecule has 3 N–H and O–H groups in total. The molecule has 1 aliphatic rings. The summed E-state index contributed by atoms with van der Waals surface area (Å²) in [6, 6.07) is 0. The molecule has 1 heterocycles. The standard InChI is InChI=1S/C16H30NO5.C3H8O2.C2H6.Tl/c1-4-10-20-12-13-11-14(22-16(2,3)21-13)15(19)17-8-6-5-7-9-18;1-3(2,4)5;1-2;/h13-14H,4-12H2,1-3H3,(H,17,19);4-5H,1-2H3;1-2H3;/q-1;;;+1. The quantitative estimate of drug-likeness (QED) is 0.184. The van der Waals surface area contributed by atoms with E-state index in [-0.39, 0.29) is 12.0 Å². The Morgan fingerprint density at radius 2 is 1.77 bits per heavy atom. The zero-order valence-corrected chi connectivity index (χ0v) is 24.5. The summed E-state index contributed by atoms with van der Waals surface area (Å²) in [4.78, 5) is 12.3. The van der Waals surface area contributed by atoms with Crippen LogP contribution in [0.1, 0.15) is 80.6 Å². The van der Waals surface area contributed by atoms with Gasteiger partial charge < -0.3 is 14.9 Å². The molecule has 30 heavy (non-hydrogen) atoms. The van der Waals surface area contributed by atoms with Crippen molar-refractivity contribution in [3.63, 3.8) is 0 Å². The predicted octanol–water partition coefficient (Wildman–Crippen LogP) is 2.44. The van der Waals surface area contributed by atoms with Gasteiger partial charge in [-0.3, -0.25) is 0 Å². The zero-order chi connectivity index (χ0) is 23.6.